The lowest BCUT2D eigenvalue weighted by atomic mass is 10.2. The molecule has 122 valence electrons. The van der Waals surface area contributed by atoms with Gasteiger partial charge in [-0.15, -0.1) is 0 Å². The summed E-state index contributed by atoms with van der Waals surface area (Å²) in [6, 6.07) is 1.49. The molecule has 1 aromatic carbocycles. The first-order chi connectivity index (χ1) is 9.93. The van der Waals surface area contributed by atoms with Gasteiger partial charge in [-0.25, -0.2) is 0 Å². The molecule has 1 aliphatic rings. The molecule has 11 heteroatoms. The molecule has 0 N–H and O–H groups in total. The zero-order valence-corrected chi connectivity index (χ0v) is 15.6. The van der Waals surface area contributed by atoms with Crippen molar-refractivity contribution in [3.8, 4) is 0 Å². The van der Waals surface area contributed by atoms with Crippen LogP contribution in [0.3, 0.4) is 0 Å². The smallest absolute Gasteiger partial charge is 0.312 e. The highest BCUT2D eigenvalue weighted by Gasteiger charge is 2.45. The van der Waals surface area contributed by atoms with Crippen molar-refractivity contribution >= 4 is 65.2 Å². The van der Waals surface area contributed by atoms with Crippen LogP contribution < -0.4 is 4.90 Å². The normalized spacial score (nSPS) is 19.6. The SMILES string of the molecule is FC(F)(F)C1=CSC(Br)N1c1c(Br)cc(C(F)(F)F)cc1Br. The van der Waals surface area contributed by atoms with Gasteiger partial charge in [0.15, 0.2) is 0 Å². The summed E-state index contributed by atoms with van der Waals surface area (Å²) in [4.78, 5) is 0.874. The fraction of sp³-hybridized carbons (Fsp3) is 0.273. The average molecular weight is 536 g/mol. The molecule has 0 saturated carbocycles. The number of halogens is 9. The first-order valence-electron chi connectivity index (χ1n) is 5.35. The third kappa shape index (κ3) is 3.62. The summed E-state index contributed by atoms with van der Waals surface area (Å²) in [5.41, 5.74) is -1.96. The predicted octanol–water partition coefficient (Wildman–Crippen LogP) is 6.87. The summed E-state index contributed by atoms with van der Waals surface area (Å²) in [6.45, 7) is 0. The molecule has 1 aliphatic heterocycles. The van der Waals surface area contributed by atoms with Crippen molar-refractivity contribution in [2.45, 2.75) is 16.6 Å². The van der Waals surface area contributed by atoms with E-state index >= 15 is 0 Å². The maximum Gasteiger partial charge on any atom is 0.432 e. The van der Waals surface area contributed by atoms with Gasteiger partial charge in [0, 0.05) is 14.4 Å². The van der Waals surface area contributed by atoms with Crippen LogP contribution in [0.1, 0.15) is 5.56 Å². The van der Waals surface area contributed by atoms with Gasteiger partial charge in [0.05, 0.1) is 11.3 Å². The van der Waals surface area contributed by atoms with Gasteiger partial charge in [0.2, 0.25) is 0 Å². The van der Waals surface area contributed by atoms with Gasteiger partial charge >= 0.3 is 12.4 Å². The second kappa shape index (κ2) is 6.21. The van der Waals surface area contributed by atoms with Crippen molar-refractivity contribution in [3.05, 3.63) is 37.7 Å². The van der Waals surface area contributed by atoms with Crippen LogP contribution in [0.25, 0.3) is 0 Å². The molecule has 0 amide bonds. The van der Waals surface area contributed by atoms with Gasteiger partial charge in [-0.3, -0.25) is 0 Å². The number of hydrogen-bond donors (Lipinski definition) is 0. The van der Waals surface area contributed by atoms with E-state index in [9.17, 15) is 26.3 Å². The fourth-order valence-electron chi connectivity index (χ4n) is 1.73. The zero-order valence-electron chi connectivity index (χ0n) is 10.1. The minimum absolute atomic E-state index is 0.0385. The van der Waals surface area contributed by atoms with E-state index < -0.39 is 27.9 Å². The molecule has 2 rings (SSSR count). The number of rotatable bonds is 1. The number of nitrogens with zero attached hydrogens (tertiary/aromatic N) is 1. The molecule has 22 heavy (non-hydrogen) atoms. The summed E-state index contributed by atoms with van der Waals surface area (Å²) in [6.07, 6.45) is -9.23. The van der Waals surface area contributed by atoms with Crippen molar-refractivity contribution in [1.82, 2.24) is 0 Å². The van der Waals surface area contributed by atoms with E-state index in [4.69, 9.17) is 0 Å². The molecule has 1 heterocycles. The summed E-state index contributed by atoms with van der Waals surface area (Å²) < 4.78 is 76.4. The van der Waals surface area contributed by atoms with E-state index in [1.807, 2.05) is 0 Å². The van der Waals surface area contributed by atoms with Gasteiger partial charge < -0.3 is 4.90 Å². The first-order valence-corrected chi connectivity index (χ1v) is 8.79. The molecule has 1 unspecified atom stereocenters. The Balaban J connectivity index is 2.55. The quantitative estimate of drug-likeness (QED) is 0.219. The van der Waals surface area contributed by atoms with Crippen LogP contribution in [-0.4, -0.2) is 10.5 Å². The third-order valence-electron chi connectivity index (χ3n) is 2.63. The summed E-state index contributed by atoms with van der Waals surface area (Å²) in [5, 5.41) is 0.913. The average Bonchev–Trinajstić information content (AvgIpc) is 2.69. The van der Waals surface area contributed by atoms with Gasteiger partial charge in [-0.2, -0.15) is 26.3 Å². The molecule has 0 aromatic heterocycles. The van der Waals surface area contributed by atoms with Crippen molar-refractivity contribution in [2.75, 3.05) is 4.90 Å². The minimum atomic E-state index is -4.63. The number of alkyl halides is 7. The molecule has 0 bridgehead atoms. The Morgan fingerprint density at radius 1 is 0.955 bits per heavy atom. The van der Waals surface area contributed by atoms with Crippen molar-refractivity contribution in [1.29, 1.82) is 0 Å². The van der Waals surface area contributed by atoms with Crippen LogP contribution in [0, 0.1) is 0 Å². The monoisotopic (exact) mass is 533 g/mol. The minimum Gasteiger partial charge on any atom is -0.312 e. The highest BCUT2D eigenvalue weighted by atomic mass is 79.9. The Kier molecular flexibility index (Phi) is 5.21. The summed E-state index contributed by atoms with van der Waals surface area (Å²) in [7, 11) is 0. The Hall–Kier alpha value is 0.130. The fourth-order valence-corrected chi connectivity index (χ4v) is 4.88. The molecule has 0 spiro atoms. The molecule has 1 aromatic rings. The Morgan fingerprint density at radius 3 is 1.86 bits per heavy atom. The third-order valence-corrected chi connectivity index (χ3v) is 5.69. The first kappa shape index (κ1) is 18.5. The Morgan fingerprint density at radius 2 is 1.45 bits per heavy atom. The van der Waals surface area contributed by atoms with Crippen molar-refractivity contribution in [3.63, 3.8) is 0 Å². The van der Waals surface area contributed by atoms with Crippen LogP contribution in [0.2, 0.25) is 0 Å². The molecule has 0 aliphatic carbocycles. The lowest BCUT2D eigenvalue weighted by molar-refractivity contribution is -0.137. The molecule has 0 fully saturated rings. The number of benzene rings is 1. The summed E-state index contributed by atoms with van der Waals surface area (Å²) >= 11 is 9.78. The largest absolute Gasteiger partial charge is 0.432 e. The number of thioether (sulfide) groups is 1. The second-order valence-electron chi connectivity index (χ2n) is 4.09. The predicted molar refractivity (Wildman–Crippen MR) is 83.8 cm³/mol. The standard InChI is InChI=1S/C11H4Br3F6NS/c12-5-1-4(10(15,16)17)2-6(13)8(5)21-7(11(18,19)20)3-22-9(21)14/h1-3,9H. The molecular formula is C11H4Br3F6NS. The van der Waals surface area contributed by atoms with Crippen LogP contribution in [0.4, 0.5) is 32.0 Å². The maximum absolute atomic E-state index is 13.0. The van der Waals surface area contributed by atoms with Crippen molar-refractivity contribution in [2.24, 2.45) is 0 Å². The second-order valence-corrected chi connectivity index (χ2v) is 8.22. The molecular weight excluding hydrogens is 532 g/mol. The van der Waals surface area contributed by atoms with E-state index in [1.54, 1.807) is 0 Å². The van der Waals surface area contributed by atoms with E-state index in [2.05, 4.69) is 47.8 Å². The lowest BCUT2D eigenvalue weighted by Gasteiger charge is -2.29. The zero-order chi connectivity index (χ0) is 16.9. The van der Waals surface area contributed by atoms with Crippen LogP contribution in [0.15, 0.2) is 32.2 Å². The van der Waals surface area contributed by atoms with E-state index in [0.717, 1.165) is 34.2 Å². The lowest BCUT2D eigenvalue weighted by Crippen LogP contribution is -2.32. The van der Waals surface area contributed by atoms with E-state index in [-0.39, 0.29) is 14.6 Å². The molecule has 1 atom stereocenters. The van der Waals surface area contributed by atoms with Gasteiger partial charge in [-0.1, -0.05) is 27.7 Å². The highest BCUT2D eigenvalue weighted by Crippen LogP contribution is 2.50. The molecule has 1 nitrogen and oxygen atoms in total. The van der Waals surface area contributed by atoms with Gasteiger partial charge in [0.25, 0.3) is 0 Å². The van der Waals surface area contributed by atoms with Crippen LogP contribution in [-0.2, 0) is 6.18 Å². The van der Waals surface area contributed by atoms with Gasteiger partial charge in [-0.05, 0) is 44.0 Å². The Labute approximate surface area is 150 Å². The number of anilines is 1. The van der Waals surface area contributed by atoms with Gasteiger partial charge in [0.1, 0.15) is 9.98 Å². The maximum atomic E-state index is 13.0. The summed E-state index contributed by atoms with van der Waals surface area (Å²) in [5.74, 6) is 0. The molecule has 0 radical (unpaired) electrons. The topological polar surface area (TPSA) is 3.24 Å². The highest BCUT2D eigenvalue weighted by molar-refractivity contribution is 9.11. The van der Waals surface area contributed by atoms with Crippen molar-refractivity contribution < 1.29 is 26.3 Å². The number of hydrogen-bond acceptors (Lipinski definition) is 2. The molecule has 0 saturated heterocycles. The Bertz CT molecular complexity index is 604. The van der Waals surface area contributed by atoms with E-state index in [0.29, 0.717) is 0 Å². The van der Waals surface area contributed by atoms with Crippen LogP contribution in [0.5, 0.6) is 0 Å². The number of allylic oxidation sites excluding steroid dienone is 1. The van der Waals surface area contributed by atoms with E-state index in [1.165, 1.54) is 0 Å². The van der Waals surface area contributed by atoms with Crippen LogP contribution >= 0.6 is 59.6 Å².